The number of nitrogens with two attached hydrogens (primary N) is 1. The van der Waals surface area contributed by atoms with Gasteiger partial charge in [-0.1, -0.05) is 0 Å². The summed E-state index contributed by atoms with van der Waals surface area (Å²) in [7, 11) is 0. The lowest BCUT2D eigenvalue weighted by molar-refractivity contribution is -0.129. The van der Waals surface area contributed by atoms with Crippen LogP contribution in [0.5, 0.6) is 0 Å². The molecule has 2 heterocycles. The summed E-state index contributed by atoms with van der Waals surface area (Å²) in [6.07, 6.45) is 3.16. The van der Waals surface area contributed by atoms with Crippen LogP contribution in [0.2, 0.25) is 0 Å². The van der Waals surface area contributed by atoms with Gasteiger partial charge in [0.15, 0.2) is 0 Å². The molecular weight excluding hydrogens is 216 g/mol. The van der Waals surface area contributed by atoms with Gasteiger partial charge < -0.3 is 10.6 Å². The van der Waals surface area contributed by atoms with E-state index in [0.29, 0.717) is 13.0 Å². The van der Waals surface area contributed by atoms with Crippen LogP contribution in [0.4, 0.5) is 0 Å². The number of hydrogen-bond acceptors (Lipinski definition) is 4. The van der Waals surface area contributed by atoms with Crippen molar-refractivity contribution in [1.29, 1.82) is 0 Å². The number of amides is 1. The Morgan fingerprint density at radius 3 is 3.18 bits per heavy atom. The zero-order valence-electron chi connectivity index (χ0n) is 10.1. The van der Waals surface area contributed by atoms with E-state index in [2.05, 4.69) is 9.97 Å². The maximum absolute atomic E-state index is 11.7. The number of carbonyl (C=O) groups excluding carboxylic acids is 1. The highest BCUT2D eigenvalue weighted by molar-refractivity contribution is 5.76. The first-order chi connectivity index (χ1) is 8.20. The molecular formula is C12H18N4O. The molecule has 1 atom stereocenters. The minimum Gasteiger partial charge on any atom is -0.342 e. The molecule has 2 rings (SSSR count). The molecule has 5 heteroatoms. The Bertz CT molecular complexity index is 407. The van der Waals surface area contributed by atoms with Crippen LogP contribution >= 0.6 is 0 Å². The van der Waals surface area contributed by atoms with Crippen LogP contribution in [0, 0.1) is 6.92 Å². The van der Waals surface area contributed by atoms with Crippen molar-refractivity contribution in [2.24, 2.45) is 5.73 Å². The van der Waals surface area contributed by atoms with E-state index in [1.54, 1.807) is 6.20 Å². The first-order valence-corrected chi connectivity index (χ1v) is 5.98. The summed E-state index contributed by atoms with van der Waals surface area (Å²) >= 11 is 0. The van der Waals surface area contributed by atoms with E-state index >= 15 is 0 Å². The van der Waals surface area contributed by atoms with Gasteiger partial charge in [-0.2, -0.15) is 0 Å². The SMILES string of the molecule is Cc1ccnc([C@@H]2CCN(C(=O)CCN)C2)n1. The molecule has 0 radical (unpaired) electrons. The van der Waals surface area contributed by atoms with Crippen molar-refractivity contribution in [3.05, 3.63) is 23.8 Å². The van der Waals surface area contributed by atoms with Crippen LogP contribution < -0.4 is 5.73 Å². The fraction of sp³-hybridized carbons (Fsp3) is 0.583. The minimum atomic E-state index is 0.141. The third-order valence-corrected chi connectivity index (χ3v) is 3.08. The van der Waals surface area contributed by atoms with E-state index in [1.807, 2.05) is 17.9 Å². The zero-order chi connectivity index (χ0) is 12.3. The maximum Gasteiger partial charge on any atom is 0.223 e. The Labute approximate surface area is 101 Å². The molecule has 1 aromatic rings. The van der Waals surface area contributed by atoms with Crippen molar-refractivity contribution in [2.45, 2.75) is 25.7 Å². The van der Waals surface area contributed by atoms with E-state index in [9.17, 15) is 4.79 Å². The van der Waals surface area contributed by atoms with Crippen LogP contribution in [-0.4, -0.2) is 40.4 Å². The molecule has 0 aromatic carbocycles. The van der Waals surface area contributed by atoms with Crippen LogP contribution in [-0.2, 0) is 4.79 Å². The lowest BCUT2D eigenvalue weighted by Crippen LogP contribution is -2.30. The van der Waals surface area contributed by atoms with Crippen molar-refractivity contribution in [1.82, 2.24) is 14.9 Å². The van der Waals surface area contributed by atoms with E-state index < -0.39 is 0 Å². The first-order valence-electron chi connectivity index (χ1n) is 5.98. The predicted octanol–water partition coefficient (Wildman–Crippen LogP) is 0.450. The molecule has 17 heavy (non-hydrogen) atoms. The highest BCUT2D eigenvalue weighted by Gasteiger charge is 2.28. The van der Waals surface area contributed by atoms with Gasteiger partial charge in [0, 0.05) is 43.9 Å². The van der Waals surface area contributed by atoms with Crippen molar-refractivity contribution in [2.75, 3.05) is 19.6 Å². The van der Waals surface area contributed by atoms with Gasteiger partial charge >= 0.3 is 0 Å². The molecule has 0 bridgehead atoms. The summed E-state index contributed by atoms with van der Waals surface area (Å²) < 4.78 is 0. The average molecular weight is 234 g/mol. The lowest BCUT2D eigenvalue weighted by atomic mass is 10.1. The van der Waals surface area contributed by atoms with Crippen molar-refractivity contribution >= 4 is 5.91 Å². The van der Waals surface area contributed by atoms with Gasteiger partial charge in [0.25, 0.3) is 0 Å². The van der Waals surface area contributed by atoms with Gasteiger partial charge in [0.05, 0.1) is 0 Å². The number of aromatic nitrogens is 2. The van der Waals surface area contributed by atoms with E-state index in [-0.39, 0.29) is 11.8 Å². The van der Waals surface area contributed by atoms with E-state index in [4.69, 9.17) is 5.73 Å². The Kier molecular flexibility index (Phi) is 3.68. The maximum atomic E-state index is 11.7. The van der Waals surface area contributed by atoms with Crippen LogP contribution in [0.15, 0.2) is 12.3 Å². The Balaban J connectivity index is 2.00. The largest absolute Gasteiger partial charge is 0.342 e. The van der Waals surface area contributed by atoms with Gasteiger partial charge in [-0.15, -0.1) is 0 Å². The van der Waals surface area contributed by atoms with E-state index in [0.717, 1.165) is 31.0 Å². The number of carbonyl (C=O) groups is 1. The third kappa shape index (κ3) is 2.79. The van der Waals surface area contributed by atoms with Gasteiger partial charge in [-0.25, -0.2) is 9.97 Å². The molecule has 1 aromatic heterocycles. The van der Waals surface area contributed by atoms with E-state index in [1.165, 1.54) is 0 Å². The van der Waals surface area contributed by atoms with Crippen molar-refractivity contribution in [3.8, 4) is 0 Å². The molecule has 2 N–H and O–H groups in total. The third-order valence-electron chi connectivity index (χ3n) is 3.08. The van der Waals surface area contributed by atoms with Crippen LogP contribution in [0.25, 0.3) is 0 Å². The quantitative estimate of drug-likeness (QED) is 0.824. The standard InChI is InChI=1S/C12H18N4O/c1-9-3-6-14-12(15-9)10-4-7-16(8-10)11(17)2-5-13/h3,6,10H,2,4-5,7-8,13H2,1H3/t10-/m1/s1. The molecule has 0 unspecified atom stereocenters. The lowest BCUT2D eigenvalue weighted by Gasteiger charge is -2.15. The molecule has 1 aliphatic rings. The summed E-state index contributed by atoms with van der Waals surface area (Å²) in [6, 6.07) is 1.88. The van der Waals surface area contributed by atoms with Gasteiger partial charge in [-0.05, 0) is 19.4 Å². The smallest absolute Gasteiger partial charge is 0.223 e. The molecule has 0 spiro atoms. The Hall–Kier alpha value is -1.49. The highest BCUT2D eigenvalue weighted by atomic mass is 16.2. The molecule has 92 valence electrons. The summed E-state index contributed by atoms with van der Waals surface area (Å²) in [6.45, 7) is 3.89. The van der Waals surface area contributed by atoms with Crippen LogP contribution in [0.3, 0.4) is 0 Å². The molecule has 1 amide bonds. The van der Waals surface area contributed by atoms with Gasteiger partial charge in [-0.3, -0.25) is 4.79 Å². The molecule has 0 aliphatic carbocycles. The number of likely N-dealkylation sites (tertiary alicyclic amines) is 1. The van der Waals surface area contributed by atoms with Crippen LogP contribution in [0.1, 0.15) is 30.3 Å². The second-order valence-corrected chi connectivity index (χ2v) is 4.42. The Morgan fingerprint density at radius 1 is 1.65 bits per heavy atom. The fourth-order valence-electron chi connectivity index (χ4n) is 2.14. The van der Waals surface area contributed by atoms with Gasteiger partial charge in [0.1, 0.15) is 5.82 Å². The normalized spacial score (nSPS) is 19.6. The topological polar surface area (TPSA) is 72.1 Å². The molecule has 1 fully saturated rings. The number of aryl methyl sites for hydroxylation is 1. The Morgan fingerprint density at radius 2 is 2.47 bits per heavy atom. The molecule has 0 saturated carbocycles. The first kappa shape index (κ1) is 12.0. The second kappa shape index (κ2) is 5.23. The number of rotatable bonds is 3. The number of nitrogens with zero attached hydrogens (tertiary/aromatic N) is 3. The summed E-state index contributed by atoms with van der Waals surface area (Å²) in [5.41, 5.74) is 6.36. The minimum absolute atomic E-state index is 0.141. The zero-order valence-corrected chi connectivity index (χ0v) is 10.1. The highest BCUT2D eigenvalue weighted by Crippen LogP contribution is 2.24. The number of hydrogen-bond donors (Lipinski definition) is 1. The van der Waals surface area contributed by atoms with Crippen molar-refractivity contribution in [3.63, 3.8) is 0 Å². The summed E-state index contributed by atoms with van der Waals surface area (Å²) in [4.78, 5) is 22.3. The molecule has 5 nitrogen and oxygen atoms in total. The second-order valence-electron chi connectivity index (χ2n) is 4.42. The molecule has 1 aliphatic heterocycles. The monoisotopic (exact) mass is 234 g/mol. The average Bonchev–Trinajstić information content (AvgIpc) is 2.78. The van der Waals surface area contributed by atoms with Crippen molar-refractivity contribution < 1.29 is 4.79 Å². The van der Waals surface area contributed by atoms with Gasteiger partial charge in [0.2, 0.25) is 5.91 Å². The predicted molar refractivity (Wildman–Crippen MR) is 64.4 cm³/mol. The summed E-state index contributed by atoms with van der Waals surface area (Å²) in [5, 5.41) is 0. The molecule has 1 saturated heterocycles. The summed E-state index contributed by atoms with van der Waals surface area (Å²) in [5.74, 6) is 1.27. The fourth-order valence-corrected chi connectivity index (χ4v) is 2.14.